The highest BCUT2D eigenvalue weighted by molar-refractivity contribution is 5.66. The summed E-state index contributed by atoms with van der Waals surface area (Å²) in [7, 11) is 0. The molecule has 0 radical (unpaired) electrons. The average Bonchev–Trinajstić information content (AvgIpc) is 2.31. The Bertz CT molecular complexity index is 225. The lowest BCUT2D eigenvalue weighted by Crippen LogP contribution is -2.17. The Hall–Kier alpha value is -0.530. The maximum Gasteiger partial charge on any atom is 0.302 e. The fourth-order valence-corrected chi connectivity index (χ4v) is 3.28. The molecule has 1 aliphatic carbocycles. The van der Waals surface area contributed by atoms with Crippen molar-refractivity contribution >= 4 is 5.97 Å². The molecule has 0 amide bonds. The summed E-state index contributed by atoms with van der Waals surface area (Å²) in [5, 5.41) is 0. The maximum absolute atomic E-state index is 11.0. The standard InChI is InChI=1S/C17H32O2/c1-15(19-16(2)18)14-17-12-10-8-6-4-3-5-7-9-11-13-17/h15,17H,3-14H2,1-2H3/t15-/m0/s1. The Morgan fingerprint density at radius 3 is 1.79 bits per heavy atom. The van der Waals surface area contributed by atoms with Crippen LogP contribution in [0.5, 0.6) is 0 Å². The first kappa shape index (κ1) is 16.5. The molecule has 19 heavy (non-hydrogen) atoms. The molecule has 0 N–H and O–H groups in total. The largest absolute Gasteiger partial charge is 0.463 e. The van der Waals surface area contributed by atoms with Gasteiger partial charge in [-0.15, -0.1) is 0 Å². The second-order valence-electron chi connectivity index (χ2n) is 6.28. The fourth-order valence-electron chi connectivity index (χ4n) is 3.28. The number of esters is 1. The normalized spacial score (nSPS) is 22.0. The van der Waals surface area contributed by atoms with Crippen LogP contribution in [0.1, 0.15) is 90.9 Å². The van der Waals surface area contributed by atoms with Gasteiger partial charge in [0, 0.05) is 6.92 Å². The van der Waals surface area contributed by atoms with Crippen LogP contribution >= 0.6 is 0 Å². The molecule has 0 bridgehead atoms. The van der Waals surface area contributed by atoms with Gasteiger partial charge >= 0.3 is 5.97 Å². The van der Waals surface area contributed by atoms with Crippen molar-refractivity contribution in [1.82, 2.24) is 0 Å². The molecular weight excluding hydrogens is 236 g/mol. The summed E-state index contributed by atoms with van der Waals surface area (Å²) in [5.74, 6) is 0.620. The van der Waals surface area contributed by atoms with E-state index in [2.05, 4.69) is 0 Å². The predicted molar refractivity (Wildman–Crippen MR) is 80.1 cm³/mol. The van der Waals surface area contributed by atoms with E-state index in [-0.39, 0.29) is 12.1 Å². The molecule has 1 aliphatic rings. The zero-order valence-electron chi connectivity index (χ0n) is 13.0. The van der Waals surface area contributed by atoms with Crippen molar-refractivity contribution in [1.29, 1.82) is 0 Å². The molecule has 0 aromatic rings. The van der Waals surface area contributed by atoms with E-state index in [0.717, 1.165) is 12.3 Å². The van der Waals surface area contributed by atoms with Gasteiger partial charge < -0.3 is 4.74 Å². The van der Waals surface area contributed by atoms with Crippen molar-refractivity contribution in [3.63, 3.8) is 0 Å². The van der Waals surface area contributed by atoms with E-state index in [4.69, 9.17) is 4.74 Å². The van der Waals surface area contributed by atoms with E-state index in [0.29, 0.717) is 0 Å². The number of rotatable bonds is 3. The molecule has 1 saturated carbocycles. The zero-order chi connectivity index (χ0) is 13.9. The van der Waals surface area contributed by atoms with Gasteiger partial charge in [0.1, 0.15) is 0 Å². The average molecular weight is 268 g/mol. The molecule has 1 rings (SSSR count). The Labute approximate surface area is 119 Å². The van der Waals surface area contributed by atoms with Gasteiger partial charge in [0.15, 0.2) is 0 Å². The minimum Gasteiger partial charge on any atom is -0.463 e. The molecule has 2 nitrogen and oxygen atoms in total. The van der Waals surface area contributed by atoms with E-state index in [1.54, 1.807) is 0 Å². The summed E-state index contributed by atoms with van der Waals surface area (Å²) in [4.78, 5) is 11.0. The van der Waals surface area contributed by atoms with Gasteiger partial charge in [0.2, 0.25) is 0 Å². The SMILES string of the molecule is CC(=O)O[C@@H](C)CC1CCCCCCCCCCC1. The van der Waals surface area contributed by atoms with Crippen molar-refractivity contribution in [2.75, 3.05) is 0 Å². The van der Waals surface area contributed by atoms with Crippen LogP contribution in [0.3, 0.4) is 0 Å². The Balaban J connectivity index is 2.31. The van der Waals surface area contributed by atoms with Gasteiger partial charge in [0.25, 0.3) is 0 Å². The highest BCUT2D eigenvalue weighted by atomic mass is 16.5. The summed E-state index contributed by atoms with van der Waals surface area (Å²) in [6, 6.07) is 0. The molecule has 0 unspecified atom stereocenters. The van der Waals surface area contributed by atoms with E-state index >= 15 is 0 Å². The van der Waals surface area contributed by atoms with Gasteiger partial charge in [-0.3, -0.25) is 4.79 Å². The first-order valence-corrected chi connectivity index (χ1v) is 8.35. The lowest BCUT2D eigenvalue weighted by atomic mass is 9.89. The van der Waals surface area contributed by atoms with Crippen LogP contribution < -0.4 is 0 Å². The maximum atomic E-state index is 11.0. The summed E-state index contributed by atoms with van der Waals surface area (Å²) in [5.41, 5.74) is 0. The van der Waals surface area contributed by atoms with E-state index in [1.807, 2.05) is 6.92 Å². The van der Waals surface area contributed by atoms with Crippen molar-refractivity contribution in [2.24, 2.45) is 5.92 Å². The third-order valence-electron chi connectivity index (χ3n) is 4.26. The third kappa shape index (κ3) is 9.07. The summed E-state index contributed by atoms with van der Waals surface area (Å²) < 4.78 is 5.29. The van der Waals surface area contributed by atoms with Crippen molar-refractivity contribution < 1.29 is 9.53 Å². The van der Waals surface area contributed by atoms with Crippen LogP contribution in [0, 0.1) is 5.92 Å². The number of ether oxygens (including phenoxy) is 1. The Kier molecular flexibility index (Phi) is 8.94. The van der Waals surface area contributed by atoms with Crippen molar-refractivity contribution in [3.8, 4) is 0 Å². The van der Waals surface area contributed by atoms with Crippen molar-refractivity contribution in [2.45, 2.75) is 97.0 Å². The summed E-state index contributed by atoms with van der Waals surface area (Å²) >= 11 is 0. The molecule has 1 fully saturated rings. The van der Waals surface area contributed by atoms with E-state index in [9.17, 15) is 4.79 Å². The number of hydrogen-bond donors (Lipinski definition) is 0. The molecule has 112 valence electrons. The van der Waals surface area contributed by atoms with Crippen LogP contribution in [0.4, 0.5) is 0 Å². The van der Waals surface area contributed by atoms with E-state index in [1.165, 1.54) is 77.6 Å². The number of carbonyl (C=O) groups excluding carboxylic acids is 1. The smallest absolute Gasteiger partial charge is 0.302 e. The lowest BCUT2D eigenvalue weighted by molar-refractivity contribution is -0.146. The minimum absolute atomic E-state index is 0.0930. The zero-order valence-corrected chi connectivity index (χ0v) is 13.0. The lowest BCUT2D eigenvalue weighted by Gasteiger charge is -2.21. The number of hydrogen-bond acceptors (Lipinski definition) is 2. The molecule has 0 aromatic carbocycles. The minimum atomic E-state index is -0.138. The molecule has 0 saturated heterocycles. The van der Waals surface area contributed by atoms with Gasteiger partial charge in [-0.25, -0.2) is 0 Å². The molecule has 0 spiro atoms. The molecular formula is C17H32O2. The molecule has 0 aliphatic heterocycles. The second kappa shape index (κ2) is 10.3. The third-order valence-corrected chi connectivity index (χ3v) is 4.26. The first-order valence-electron chi connectivity index (χ1n) is 8.35. The van der Waals surface area contributed by atoms with Crippen LogP contribution in [0.2, 0.25) is 0 Å². The second-order valence-corrected chi connectivity index (χ2v) is 6.28. The highest BCUT2D eigenvalue weighted by Crippen LogP contribution is 2.25. The van der Waals surface area contributed by atoms with Crippen LogP contribution in [-0.4, -0.2) is 12.1 Å². The van der Waals surface area contributed by atoms with Gasteiger partial charge in [-0.1, -0.05) is 70.6 Å². The first-order chi connectivity index (χ1) is 9.18. The van der Waals surface area contributed by atoms with Gasteiger partial charge in [-0.05, 0) is 19.3 Å². The topological polar surface area (TPSA) is 26.3 Å². The van der Waals surface area contributed by atoms with Gasteiger partial charge in [0.05, 0.1) is 6.10 Å². The van der Waals surface area contributed by atoms with Crippen LogP contribution in [-0.2, 0) is 9.53 Å². The van der Waals surface area contributed by atoms with Crippen LogP contribution in [0.15, 0.2) is 0 Å². The molecule has 1 atom stereocenters. The number of carbonyl (C=O) groups is 1. The van der Waals surface area contributed by atoms with Crippen LogP contribution in [0.25, 0.3) is 0 Å². The van der Waals surface area contributed by atoms with E-state index < -0.39 is 0 Å². The molecule has 0 heterocycles. The molecule has 2 heteroatoms. The van der Waals surface area contributed by atoms with Crippen molar-refractivity contribution in [3.05, 3.63) is 0 Å². The Morgan fingerprint density at radius 2 is 1.37 bits per heavy atom. The summed E-state index contributed by atoms with van der Waals surface area (Å²) in [6.45, 7) is 3.55. The summed E-state index contributed by atoms with van der Waals surface area (Å²) in [6.07, 6.45) is 16.4. The quantitative estimate of drug-likeness (QED) is 0.653. The Morgan fingerprint density at radius 1 is 0.947 bits per heavy atom. The fraction of sp³-hybridized carbons (Fsp3) is 0.941. The monoisotopic (exact) mass is 268 g/mol. The van der Waals surface area contributed by atoms with Gasteiger partial charge in [-0.2, -0.15) is 0 Å². The molecule has 0 aromatic heterocycles. The highest BCUT2D eigenvalue weighted by Gasteiger charge is 2.15. The predicted octanol–water partition coefficient (Wildman–Crippen LogP) is 5.25.